The van der Waals surface area contributed by atoms with Gasteiger partial charge in [-0.1, -0.05) is 0 Å². The molecule has 13 heteroatoms. The van der Waals surface area contributed by atoms with Crippen molar-refractivity contribution in [3.63, 3.8) is 0 Å². The van der Waals surface area contributed by atoms with E-state index in [1.165, 1.54) is 0 Å². The molecule has 0 heterocycles. The lowest BCUT2D eigenvalue weighted by Gasteiger charge is -2.26. The summed E-state index contributed by atoms with van der Waals surface area (Å²) in [5.41, 5.74) is 0. The normalized spacial score (nSPS) is 18.1. The van der Waals surface area contributed by atoms with Gasteiger partial charge in [-0.05, 0) is 0 Å². The Hall–Kier alpha value is -0.190. The van der Waals surface area contributed by atoms with Gasteiger partial charge in [0.25, 0.3) is 0 Å². The Morgan fingerprint density at radius 3 is 1.78 bits per heavy atom. The molecule has 0 aromatic carbocycles. The van der Waals surface area contributed by atoms with Crippen molar-refractivity contribution in [3.05, 3.63) is 0 Å². The number of carbonyl (C=O) groups is 1. The lowest BCUT2D eigenvalue weighted by Crippen LogP contribution is -2.43. The van der Waals surface area contributed by atoms with Crippen LogP contribution in [0.4, 0.5) is 0 Å². The summed E-state index contributed by atoms with van der Waals surface area (Å²) in [6.45, 7) is -1.08. The summed E-state index contributed by atoms with van der Waals surface area (Å²) in [4.78, 5) is 44.5. The van der Waals surface area contributed by atoms with E-state index in [-0.39, 0.29) is 6.29 Å². The van der Waals surface area contributed by atoms with Crippen molar-refractivity contribution in [1.82, 2.24) is 0 Å². The summed E-state index contributed by atoms with van der Waals surface area (Å²) in [6, 6.07) is 0. The maximum absolute atomic E-state index is 10.6. The van der Waals surface area contributed by atoms with E-state index >= 15 is 0 Å². The van der Waals surface area contributed by atoms with Gasteiger partial charge in [0, 0.05) is 0 Å². The molecular weight excluding hydrogens is 298 g/mol. The molecular formula is C5H12O11P2. The highest BCUT2D eigenvalue weighted by atomic mass is 31.2. The van der Waals surface area contributed by atoms with Crippen LogP contribution >= 0.6 is 15.6 Å². The van der Waals surface area contributed by atoms with Crippen LogP contribution in [0.25, 0.3) is 0 Å². The molecule has 3 atom stereocenters. The van der Waals surface area contributed by atoms with Crippen LogP contribution < -0.4 is 0 Å². The molecule has 18 heavy (non-hydrogen) atoms. The van der Waals surface area contributed by atoms with Gasteiger partial charge in [0.2, 0.25) is 0 Å². The minimum atomic E-state index is -5.18. The van der Waals surface area contributed by atoms with E-state index < -0.39 is 40.6 Å². The molecule has 0 bridgehead atoms. The zero-order valence-electron chi connectivity index (χ0n) is 8.64. The molecule has 0 aliphatic heterocycles. The van der Waals surface area contributed by atoms with Crippen LogP contribution in [0.3, 0.4) is 0 Å². The highest BCUT2D eigenvalue weighted by Crippen LogP contribution is 2.43. The maximum atomic E-state index is 10.6. The van der Waals surface area contributed by atoms with Crippen molar-refractivity contribution >= 4 is 21.9 Å². The molecule has 0 amide bonds. The zero-order valence-corrected chi connectivity index (χ0v) is 10.4. The number of aliphatic hydroxyl groups excluding tert-OH is 2. The molecule has 0 aliphatic rings. The van der Waals surface area contributed by atoms with E-state index in [9.17, 15) is 13.9 Å². The molecule has 0 fully saturated rings. The fourth-order valence-corrected chi connectivity index (χ4v) is 2.00. The van der Waals surface area contributed by atoms with Gasteiger partial charge in [0.15, 0.2) is 12.4 Å². The first kappa shape index (κ1) is 17.8. The molecule has 0 aliphatic carbocycles. The van der Waals surface area contributed by atoms with E-state index in [1.54, 1.807) is 0 Å². The van der Waals surface area contributed by atoms with Gasteiger partial charge >= 0.3 is 15.6 Å². The largest absolute Gasteiger partial charge is 0.470 e. The topological polar surface area (TPSA) is 191 Å². The molecule has 0 spiro atoms. The number of phosphoric acid groups is 2. The first-order chi connectivity index (χ1) is 8.00. The SMILES string of the molecule is O=C[C@@H](OP(=O)(O)O)[C@H](OP(=O)(O)O)[C@H](O)CO. The molecule has 0 aromatic rings. The van der Waals surface area contributed by atoms with Crippen LogP contribution in [-0.2, 0) is 23.0 Å². The van der Waals surface area contributed by atoms with Gasteiger partial charge in [-0.2, -0.15) is 0 Å². The third-order valence-corrected chi connectivity index (χ3v) is 2.58. The van der Waals surface area contributed by atoms with Gasteiger partial charge in [-0.3, -0.25) is 9.05 Å². The van der Waals surface area contributed by atoms with E-state index in [1.807, 2.05) is 0 Å². The van der Waals surface area contributed by atoms with Crippen molar-refractivity contribution in [2.24, 2.45) is 0 Å². The summed E-state index contributed by atoms with van der Waals surface area (Å²) in [5.74, 6) is 0. The highest BCUT2D eigenvalue weighted by molar-refractivity contribution is 7.46. The van der Waals surface area contributed by atoms with E-state index in [2.05, 4.69) is 9.05 Å². The Balaban J connectivity index is 5.08. The Kier molecular flexibility index (Phi) is 6.75. The average Bonchev–Trinajstić information content (AvgIpc) is 2.19. The molecule has 0 aromatic heterocycles. The van der Waals surface area contributed by atoms with E-state index in [0.717, 1.165) is 0 Å². The molecule has 108 valence electrons. The Morgan fingerprint density at radius 2 is 1.50 bits per heavy atom. The number of aldehydes is 1. The van der Waals surface area contributed by atoms with Gasteiger partial charge < -0.3 is 34.6 Å². The second-order valence-electron chi connectivity index (χ2n) is 3.01. The molecule has 0 saturated carbocycles. The Labute approximate surface area is 100 Å². The maximum Gasteiger partial charge on any atom is 0.470 e. The first-order valence-electron chi connectivity index (χ1n) is 4.22. The van der Waals surface area contributed by atoms with Crippen LogP contribution in [0, 0.1) is 0 Å². The number of phosphoric ester groups is 2. The molecule has 0 saturated heterocycles. The fraction of sp³-hybridized carbons (Fsp3) is 0.800. The minimum Gasteiger partial charge on any atom is -0.394 e. The molecule has 6 N–H and O–H groups in total. The standard InChI is InChI=1S/C5H12O11P2/c6-1-3(8)5(16-18(12,13)14)4(2-7)15-17(9,10)11/h2-6,8H,1H2,(H2,9,10,11)(H2,12,13,14)/t3-,4-,5-/m1/s1. The van der Waals surface area contributed by atoms with Crippen molar-refractivity contribution in [2.75, 3.05) is 6.61 Å². The average molecular weight is 310 g/mol. The monoisotopic (exact) mass is 310 g/mol. The van der Waals surface area contributed by atoms with E-state index in [0.29, 0.717) is 0 Å². The van der Waals surface area contributed by atoms with Gasteiger partial charge in [0.05, 0.1) is 6.61 Å². The number of hydrogen-bond acceptors (Lipinski definition) is 7. The van der Waals surface area contributed by atoms with Crippen molar-refractivity contribution in [2.45, 2.75) is 18.3 Å². The summed E-state index contributed by atoms with van der Waals surface area (Å²) in [5, 5.41) is 17.8. The predicted octanol–water partition coefficient (Wildman–Crippen LogP) is -2.51. The number of aliphatic hydroxyl groups is 2. The summed E-state index contributed by atoms with van der Waals surface area (Å²) in [6.07, 6.45) is -6.57. The zero-order chi connectivity index (χ0) is 14.6. The van der Waals surface area contributed by atoms with Gasteiger partial charge in [-0.15, -0.1) is 0 Å². The minimum absolute atomic E-state index is 0.238. The summed E-state index contributed by atoms with van der Waals surface area (Å²) in [7, 11) is -10.3. The lowest BCUT2D eigenvalue weighted by atomic mass is 10.1. The quantitative estimate of drug-likeness (QED) is 0.205. The third kappa shape index (κ3) is 7.29. The van der Waals surface area contributed by atoms with Crippen molar-refractivity contribution in [3.8, 4) is 0 Å². The van der Waals surface area contributed by atoms with Crippen LogP contribution in [0.2, 0.25) is 0 Å². The van der Waals surface area contributed by atoms with E-state index in [4.69, 9.17) is 29.8 Å². The predicted molar refractivity (Wildman–Crippen MR) is 53.0 cm³/mol. The van der Waals surface area contributed by atoms with Gasteiger partial charge in [0.1, 0.15) is 12.2 Å². The lowest BCUT2D eigenvalue weighted by molar-refractivity contribution is -0.125. The van der Waals surface area contributed by atoms with Crippen molar-refractivity contribution in [1.29, 1.82) is 0 Å². The molecule has 0 rings (SSSR count). The molecule has 0 unspecified atom stereocenters. The smallest absolute Gasteiger partial charge is 0.394 e. The molecule has 11 nitrogen and oxygen atoms in total. The highest BCUT2D eigenvalue weighted by Gasteiger charge is 2.38. The number of rotatable bonds is 8. The Morgan fingerprint density at radius 1 is 1.06 bits per heavy atom. The second-order valence-corrected chi connectivity index (χ2v) is 5.39. The molecule has 0 radical (unpaired) electrons. The number of hydrogen-bond donors (Lipinski definition) is 6. The Bertz CT molecular complexity index is 356. The first-order valence-corrected chi connectivity index (χ1v) is 7.28. The number of carbonyl (C=O) groups excluding carboxylic acids is 1. The van der Waals surface area contributed by atoms with Crippen LogP contribution in [0.1, 0.15) is 0 Å². The van der Waals surface area contributed by atoms with Crippen LogP contribution in [-0.4, -0.2) is 61.0 Å². The summed E-state index contributed by atoms with van der Waals surface area (Å²) >= 11 is 0. The second kappa shape index (κ2) is 6.83. The van der Waals surface area contributed by atoms with Crippen LogP contribution in [0.5, 0.6) is 0 Å². The fourth-order valence-electron chi connectivity index (χ4n) is 0.932. The van der Waals surface area contributed by atoms with Crippen LogP contribution in [0.15, 0.2) is 0 Å². The van der Waals surface area contributed by atoms with Crippen molar-refractivity contribution < 1.29 is 52.8 Å². The van der Waals surface area contributed by atoms with Gasteiger partial charge in [-0.25, -0.2) is 9.13 Å². The summed E-state index contributed by atoms with van der Waals surface area (Å²) < 4.78 is 28.9. The third-order valence-electron chi connectivity index (χ3n) is 1.54.